The Kier molecular flexibility index (Phi) is 4.75. The van der Waals surface area contributed by atoms with E-state index >= 15 is 0 Å². The molecule has 1 aromatic heterocycles. The highest BCUT2D eigenvalue weighted by atomic mass is 35.5. The van der Waals surface area contributed by atoms with Crippen LogP contribution >= 0.6 is 11.6 Å². The Bertz CT molecular complexity index is 654. The predicted molar refractivity (Wildman–Crippen MR) is 82.5 cm³/mol. The van der Waals surface area contributed by atoms with Gasteiger partial charge in [-0.15, -0.1) is 0 Å². The Balaban J connectivity index is 2.30. The topological polar surface area (TPSA) is 54.0 Å². The summed E-state index contributed by atoms with van der Waals surface area (Å²) < 4.78 is 13.8. The van der Waals surface area contributed by atoms with Crippen molar-refractivity contribution in [2.45, 2.75) is 13.3 Å². The number of nitrogens with zero attached hydrogens (tertiary/aromatic N) is 1. The Labute approximate surface area is 127 Å². The van der Waals surface area contributed by atoms with E-state index in [1.165, 1.54) is 12.1 Å². The van der Waals surface area contributed by atoms with E-state index in [4.69, 9.17) is 11.6 Å². The van der Waals surface area contributed by atoms with Crippen molar-refractivity contribution in [3.8, 4) is 0 Å². The van der Waals surface area contributed by atoms with Crippen LogP contribution in [0, 0.1) is 5.82 Å². The summed E-state index contributed by atoms with van der Waals surface area (Å²) in [4.78, 5) is 16.5. The largest absolute Gasteiger partial charge is 0.373 e. The third kappa shape index (κ3) is 3.49. The zero-order valence-electron chi connectivity index (χ0n) is 11.7. The minimum atomic E-state index is -0.647. The Morgan fingerprint density at radius 1 is 1.38 bits per heavy atom. The van der Waals surface area contributed by atoms with Crippen LogP contribution in [0.3, 0.4) is 0 Å². The molecule has 6 heteroatoms. The molecule has 0 radical (unpaired) electrons. The molecule has 21 heavy (non-hydrogen) atoms. The fraction of sp³-hybridized carbons (Fsp3) is 0.200. The van der Waals surface area contributed by atoms with Gasteiger partial charge in [-0.2, -0.15) is 0 Å². The number of pyridine rings is 1. The predicted octanol–water partition coefficient (Wildman–Crippen LogP) is 3.73. The monoisotopic (exact) mass is 307 g/mol. The molecule has 0 aliphatic heterocycles. The lowest BCUT2D eigenvalue weighted by molar-refractivity contribution is 0.102. The van der Waals surface area contributed by atoms with Crippen LogP contribution in [0.25, 0.3) is 0 Å². The molecule has 1 aromatic carbocycles. The molecule has 0 fully saturated rings. The van der Waals surface area contributed by atoms with Crippen molar-refractivity contribution < 1.29 is 9.18 Å². The average Bonchev–Trinajstić information content (AvgIpc) is 2.51. The highest BCUT2D eigenvalue weighted by molar-refractivity contribution is 6.31. The zero-order valence-corrected chi connectivity index (χ0v) is 12.5. The number of aryl methyl sites for hydroxylation is 1. The molecule has 0 bridgehead atoms. The Morgan fingerprint density at radius 2 is 2.14 bits per heavy atom. The van der Waals surface area contributed by atoms with Crippen LogP contribution in [-0.4, -0.2) is 17.9 Å². The van der Waals surface area contributed by atoms with Gasteiger partial charge in [0.1, 0.15) is 5.82 Å². The summed E-state index contributed by atoms with van der Waals surface area (Å²) in [6.45, 7) is 1.94. The number of amides is 1. The van der Waals surface area contributed by atoms with Gasteiger partial charge in [-0.3, -0.25) is 4.79 Å². The van der Waals surface area contributed by atoms with Gasteiger partial charge in [-0.25, -0.2) is 9.37 Å². The Morgan fingerprint density at radius 3 is 2.81 bits per heavy atom. The molecule has 0 aliphatic rings. The lowest BCUT2D eigenvalue weighted by Gasteiger charge is -2.10. The molecular formula is C15H15ClFN3O. The summed E-state index contributed by atoms with van der Waals surface area (Å²) in [5, 5.41) is 5.38. The van der Waals surface area contributed by atoms with Crippen LogP contribution in [0.5, 0.6) is 0 Å². The number of anilines is 2. The molecule has 0 unspecified atom stereocenters. The fourth-order valence-corrected chi connectivity index (χ4v) is 2.00. The SMILES string of the molecule is CCc1cc(C(=O)Nc2cccc(Cl)c2F)cc(NC)n1. The summed E-state index contributed by atoms with van der Waals surface area (Å²) in [6, 6.07) is 7.74. The highest BCUT2D eigenvalue weighted by Gasteiger charge is 2.13. The van der Waals surface area contributed by atoms with E-state index in [-0.39, 0.29) is 10.7 Å². The number of hydrogen-bond donors (Lipinski definition) is 2. The fourth-order valence-electron chi connectivity index (χ4n) is 1.82. The van der Waals surface area contributed by atoms with Crippen LogP contribution in [0.4, 0.5) is 15.9 Å². The third-order valence-corrected chi connectivity index (χ3v) is 3.25. The van der Waals surface area contributed by atoms with Crippen molar-refractivity contribution in [1.29, 1.82) is 0 Å². The van der Waals surface area contributed by atoms with Crippen LogP contribution in [0.2, 0.25) is 5.02 Å². The summed E-state index contributed by atoms with van der Waals surface area (Å²) in [7, 11) is 1.72. The smallest absolute Gasteiger partial charge is 0.255 e. The molecule has 110 valence electrons. The molecule has 2 aromatic rings. The van der Waals surface area contributed by atoms with Gasteiger partial charge in [-0.1, -0.05) is 24.6 Å². The average molecular weight is 308 g/mol. The maximum atomic E-state index is 13.8. The lowest BCUT2D eigenvalue weighted by Crippen LogP contribution is -2.14. The van der Waals surface area contributed by atoms with Gasteiger partial charge in [0.2, 0.25) is 0 Å². The van der Waals surface area contributed by atoms with E-state index in [2.05, 4.69) is 15.6 Å². The van der Waals surface area contributed by atoms with Crippen molar-refractivity contribution in [3.05, 3.63) is 52.4 Å². The summed E-state index contributed by atoms with van der Waals surface area (Å²) >= 11 is 5.69. The minimum Gasteiger partial charge on any atom is -0.373 e. The molecule has 0 spiro atoms. The first kappa shape index (κ1) is 15.3. The minimum absolute atomic E-state index is 0.0345. The number of halogens is 2. The van der Waals surface area contributed by atoms with E-state index in [1.54, 1.807) is 25.2 Å². The second kappa shape index (κ2) is 6.54. The number of nitrogens with one attached hydrogen (secondary N) is 2. The van der Waals surface area contributed by atoms with E-state index in [9.17, 15) is 9.18 Å². The van der Waals surface area contributed by atoms with Gasteiger partial charge in [0.05, 0.1) is 10.7 Å². The maximum Gasteiger partial charge on any atom is 0.255 e. The summed E-state index contributed by atoms with van der Waals surface area (Å²) in [5.74, 6) is -0.470. The maximum absolute atomic E-state index is 13.8. The standard InChI is InChI=1S/C15H15ClFN3O/c1-3-10-7-9(8-13(18-2)19-10)15(21)20-12-6-4-5-11(16)14(12)17/h4-8H,3H2,1-2H3,(H,18,19)(H,20,21). The van der Waals surface area contributed by atoms with E-state index in [1.807, 2.05) is 6.92 Å². The quantitative estimate of drug-likeness (QED) is 0.905. The molecule has 0 saturated heterocycles. The van der Waals surface area contributed by atoms with Crippen LogP contribution in [0.15, 0.2) is 30.3 Å². The van der Waals surface area contributed by atoms with E-state index in [0.717, 1.165) is 5.69 Å². The second-order valence-electron chi connectivity index (χ2n) is 4.39. The van der Waals surface area contributed by atoms with Gasteiger partial charge < -0.3 is 10.6 Å². The van der Waals surface area contributed by atoms with E-state index < -0.39 is 11.7 Å². The molecule has 0 aliphatic carbocycles. The first-order valence-electron chi connectivity index (χ1n) is 6.49. The summed E-state index contributed by atoms with van der Waals surface area (Å²) in [6.07, 6.45) is 0.696. The summed E-state index contributed by atoms with van der Waals surface area (Å²) in [5.41, 5.74) is 1.23. The molecule has 1 amide bonds. The van der Waals surface area contributed by atoms with Crippen molar-refractivity contribution >= 4 is 29.0 Å². The second-order valence-corrected chi connectivity index (χ2v) is 4.80. The van der Waals surface area contributed by atoms with Gasteiger partial charge in [-0.05, 0) is 30.7 Å². The molecule has 4 nitrogen and oxygen atoms in total. The Hall–Kier alpha value is -2.14. The van der Waals surface area contributed by atoms with E-state index in [0.29, 0.717) is 17.8 Å². The van der Waals surface area contributed by atoms with Crippen molar-refractivity contribution in [3.63, 3.8) is 0 Å². The number of carbonyl (C=O) groups excluding carboxylic acids is 1. The van der Waals surface area contributed by atoms with Crippen molar-refractivity contribution in [1.82, 2.24) is 4.98 Å². The van der Waals surface area contributed by atoms with Crippen molar-refractivity contribution in [2.24, 2.45) is 0 Å². The molecule has 1 heterocycles. The number of carbonyl (C=O) groups is 1. The van der Waals surface area contributed by atoms with Gasteiger partial charge >= 0.3 is 0 Å². The molecular weight excluding hydrogens is 293 g/mol. The third-order valence-electron chi connectivity index (χ3n) is 2.96. The zero-order chi connectivity index (χ0) is 15.4. The van der Waals surface area contributed by atoms with Crippen LogP contribution in [-0.2, 0) is 6.42 Å². The molecule has 2 rings (SSSR count). The van der Waals surface area contributed by atoms with Gasteiger partial charge in [0, 0.05) is 18.3 Å². The number of aromatic nitrogens is 1. The normalized spacial score (nSPS) is 10.3. The molecule has 0 atom stereocenters. The number of benzene rings is 1. The highest BCUT2D eigenvalue weighted by Crippen LogP contribution is 2.23. The van der Waals surface area contributed by atoms with Crippen molar-refractivity contribution in [2.75, 3.05) is 17.7 Å². The number of rotatable bonds is 4. The molecule has 2 N–H and O–H groups in total. The van der Waals surface area contributed by atoms with Crippen LogP contribution in [0.1, 0.15) is 23.0 Å². The van der Waals surface area contributed by atoms with Gasteiger partial charge in [0.15, 0.2) is 5.82 Å². The lowest BCUT2D eigenvalue weighted by atomic mass is 10.1. The first-order valence-corrected chi connectivity index (χ1v) is 6.87. The van der Waals surface area contributed by atoms with Gasteiger partial charge in [0.25, 0.3) is 5.91 Å². The first-order chi connectivity index (χ1) is 10.0. The van der Waals surface area contributed by atoms with Crippen LogP contribution < -0.4 is 10.6 Å². The number of hydrogen-bond acceptors (Lipinski definition) is 3. The molecule has 0 saturated carbocycles.